The van der Waals surface area contributed by atoms with Crippen LogP contribution in [0.25, 0.3) is 0 Å². The molecule has 1 aromatic heterocycles. The Morgan fingerprint density at radius 3 is 2.70 bits per heavy atom. The third-order valence-corrected chi connectivity index (χ3v) is 4.39. The Morgan fingerprint density at radius 2 is 2.15 bits per heavy atom. The van der Waals surface area contributed by atoms with Crippen LogP contribution in [0, 0.1) is 0 Å². The number of carbonyl (C=O) groups excluding carboxylic acids is 1. The molecule has 0 radical (unpaired) electrons. The van der Waals surface area contributed by atoms with Crippen LogP contribution in [-0.2, 0) is 22.8 Å². The van der Waals surface area contributed by atoms with Crippen molar-refractivity contribution < 1.29 is 19.4 Å². The topological polar surface area (TPSA) is 73.6 Å². The number of nitrogens with zero attached hydrogens (tertiary/aromatic N) is 2. The molecule has 0 atom stereocenters. The Hall–Kier alpha value is -1.18. The Morgan fingerprint density at radius 1 is 1.45 bits per heavy atom. The van der Waals surface area contributed by atoms with Gasteiger partial charge < -0.3 is 14.6 Å². The van der Waals surface area contributed by atoms with E-state index in [4.69, 9.17) is 14.6 Å². The first kappa shape index (κ1) is 16.9. The van der Waals surface area contributed by atoms with Gasteiger partial charge in [0.2, 0.25) is 0 Å². The normalized spacial score (nSPS) is 11.7. The van der Waals surface area contributed by atoms with Crippen LogP contribution in [0.1, 0.15) is 23.1 Å². The first-order valence-corrected chi connectivity index (χ1v) is 10.5. The van der Waals surface area contributed by atoms with E-state index in [1.54, 1.807) is 6.92 Å². The summed E-state index contributed by atoms with van der Waals surface area (Å²) < 4.78 is 12.0. The van der Waals surface area contributed by atoms with Crippen molar-refractivity contribution in [2.24, 2.45) is 0 Å². The molecule has 0 saturated carbocycles. The van der Waals surface area contributed by atoms with Crippen LogP contribution in [0.5, 0.6) is 0 Å². The summed E-state index contributed by atoms with van der Waals surface area (Å²) in [6, 6.07) is 2.58. The largest absolute Gasteiger partial charge is 0.461 e. The standard InChI is InChI=1S/C13H24N2O4Si/c1-5-19-13(17)12-8-11(9-16)14-15(12)10-18-6-7-20(2,3)4/h8,16H,5-7,9-10H2,1-4H3. The molecule has 0 aromatic carbocycles. The van der Waals surface area contributed by atoms with Crippen molar-refractivity contribution in [3.05, 3.63) is 17.5 Å². The van der Waals surface area contributed by atoms with E-state index < -0.39 is 14.0 Å². The molecule has 0 unspecified atom stereocenters. The quantitative estimate of drug-likeness (QED) is 0.451. The number of esters is 1. The van der Waals surface area contributed by atoms with Crippen molar-refractivity contribution in [3.63, 3.8) is 0 Å². The summed E-state index contributed by atoms with van der Waals surface area (Å²) in [5.74, 6) is -0.450. The van der Waals surface area contributed by atoms with E-state index in [0.717, 1.165) is 6.04 Å². The number of hydrogen-bond acceptors (Lipinski definition) is 5. The van der Waals surface area contributed by atoms with Gasteiger partial charge in [-0.15, -0.1) is 0 Å². The second kappa shape index (κ2) is 7.56. The fourth-order valence-corrected chi connectivity index (χ4v) is 2.30. The highest BCUT2D eigenvalue weighted by molar-refractivity contribution is 6.76. The summed E-state index contributed by atoms with van der Waals surface area (Å²) in [5.41, 5.74) is 0.741. The van der Waals surface area contributed by atoms with E-state index in [1.807, 2.05) is 0 Å². The van der Waals surface area contributed by atoms with Crippen molar-refractivity contribution >= 4 is 14.0 Å². The molecule has 0 bridgehead atoms. The zero-order valence-corrected chi connectivity index (χ0v) is 13.7. The fourth-order valence-electron chi connectivity index (χ4n) is 1.54. The van der Waals surface area contributed by atoms with Gasteiger partial charge >= 0.3 is 5.97 Å². The molecule has 0 fully saturated rings. The molecule has 1 heterocycles. The average Bonchev–Trinajstić information content (AvgIpc) is 2.77. The van der Waals surface area contributed by atoms with Gasteiger partial charge in [-0.2, -0.15) is 5.10 Å². The summed E-state index contributed by atoms with van der Waals surface area (Å²) in [7, 11) is -1.13. The van der Waals surface area contributed by atoms with Crippen molar-refractivity contribution in [1.29, 1.82) is 0 Å². The smallest absolute Gasteiger partial charge is 0.356 e. The van der Waals surface area contributed by atoms with Gasteiger partial charge in [0.15, 0.2) is 0 Å². The summed E-state index contributed by atoms with van der Waals surface area (Å²) in [4.78, 5) is 11.8. The van der Waals surface area contributed by atoms with E-state index in [2.05, 4.69) is 24.7 Å². The lowest BCUT2D eigenvalue weighted by Gasteiger charge is -2.15. The van der Waals surface area contributed by atoms with E-state index in [0.29, 0.717) is 24.6 Å². The number of aromatic nitrogens is 2. The third kappa shape index (κ3) is 5.44. The highest BCUT2D eigenvalue weighted by atomic mass is 28.3. The summed E-state index contributed by atoms with van der Waals surface area (Å²) in [6.07, 6.45) is 0. The van der Waals surface area contributed by atoms with Crippen molar-refractivity contribution in [2.45, 2.75) is 45.9 Å². The molecule has 0 saturated heterocycles. The molecule has 114 valence electrons. The third-order valence-electron chi connectivity index (χ3n) is 2.69. The zero-order valence-electron chi connectivity index (χ0n) is 12.7. The van der Waals surface area contributed by atoms with Crippen molar-refractivity contribution in [3.8, 4) is 0 Å². The first-order chi connectivity index (χ1) is 9.37. The van der Waals surface area contributed by atoms with E-state index >= 15 is 0 Å². The summed E-state index contributed by atoms with van der Waals surface area (Å²) in [6.45, 7) is 9.50. The number of rotatable bonds is 8. The van der Waals surface area contributed by atoms with E-state index in [9.17, 15) is 4.79 Å². The van der Waals surface area contributed by atoms with Gasteiger partial charge in [0.25, 0.3) is 0 Å². The predicted molar refractivity (Wildman–Crippen MR) is 78.2 cm³/mol. The number of ether oxygens (including phenoxy) is 2. The van der Waals surface area contributed by atoms with Crippen molar-refractivity contribution in [1.82, 2.24) is 9.78 Å². The molecule has 0 spiro atoms. The molecule has 6 nitrogen and oxygen atoms in total. The van der Waals surface area contributed by atoms with Gasteiger partial charge in [-0.05, 0) is 19.0 Å². The van der Waals surface area contributed by atoms with E-state index in [1.165, 1.54) is 10.7 Å². The zero-order chi connectivity index (χ0) is 15.2. The van der Waals surface area contributed by atoms with Crippen molar-refractivity contribution in [2.75, 3.05) is 13.2 Å². The Labute approximate surface area is 120 Å². The molecule has 1 aromatic rings. The van der Waals surface area contributed by atoms with Crippen LogP contribution < -0.4 is 0 Å². The predicted octanol–water partition coefficient (Wildman–Crippen LogP) is 1.86. The first-order valence-electron chi connectivity index (χ1n) is 6.80. The van der Waals surface area contributed by atoms with Gasteiger partial charge in [-0.25, -0.2) is 9.48 Å². The molecule has 1 N–H and O–H groups in total. The number of aliphatic hydroxyl groups is 1. The van der Waals surface area contributed by atoms with Crippen LogP contribution >= 0.6 is 0 Å². The molecule has 0 amide bonds. The second-order valence-corrected chi connectivity index (χ2v) is 11.4. The maximum atomic E-state index is 11.8. The molecule has 1 rings (SSSR count). The molecular weight excluding hydrogens is 276 g/mol. The monoisotopic (exact) mass is 300 g/mol. The van der Waals surface area contributed by atoms with Gasteiger partial charge in [0.1, 0.15) is 12.4 Å². The van der Waals surface area contributed by atoms with Crippen LogP contribution in [-0.4, -0.2) is 42.1 Å². The van der Waals surface area contributed by atoms with Crippen LogP contribution in [0.2, 0.25) is 25.7 Å². The van der Waals surface area contributed by atoms with Gasteiger partial charge in [0.05, 0.1) is 18.9 Å². The summed E-state index contributed by atoms with van der Waals surface area (Å²) in [5, 5.41) is 13.2. The van der Waals surface area contributed by atoms with Crippen LogP contribution in [0.4, 0.5) is 0 Å². The van der Waals surface area contributed by atoms with Crippen LogP contribution in [0.3, 0.4) is 0 Å². The maximum Gasteiger partial charge on any atom is 0.356 e. The average molecular weight is 300 g/mol. The van der Waals surface area contributed by atoms with Gasteiger partial charge in [-0.3, -0.25) is 0 Å². The minimum absolute atomic E-state index is 0.193. The minimum Gasteiger partial charge on any atom is -0.461 e. The van der Waals surface area contributed by atoms with E-state index in [-0.39, 0.29) is 13.3 Å². The minimum atomic E-state index is -1.13. The Kier molecular flexibility index (Phi) is 6.38. The lowest BCUT2D eigenvalue weighted by molar-refractivity contribution is 0.0454. The van der Waals surface area contributed by atoms with Crippen LogP contribution in [0.15, 0.2) is 6.07 Å². The number of aliphatic hydroxyl groups excluding tert-OH is 1. The molecule has 0 aliphatic rings. The lowest BCUT2D eigenvalue weighted by atomic mass is 10.3. The SMILES string of the molecule is CCOC(=O)c1cc(CO)nn1COCC[Si](C)(C)C. The van der Waals surface area contributed by atoms with Gasteiger partial charge in [0, 0.05) is 14.7 Å². The molecule has 0 aliphatic carbocycles. The molecule has 7 heteroatoms. The summed E-state index contributed by atoms with van der Waals surface area (Å²) >= 11 is 0. The van der Waals surface area contributed by atoms with Gasteiger partial charge in [-0.1, -0.05) is 19.6 Å². The Balaban J connectivity index is 2.63. The highest BCUT2D eigenvalue weighted by Gasteiger charge is 2.17. The second-order valence-electron chi connectivity index (χ2n) is 5.75. The fraction of sp³-hybridized carbons (Fsp3) is 0.692. The Bertz CT molecular complexity index is 440. The number of carbonyl (C=O) groups is 1. The maximum absolute atomic E-state index is 11.8. The molecule has 20 heavy (non-hydrogen) atoms. The highest BCUT2D eigenvalue weighted by Crippen LogP contribution is 2.10. The molecular formula is C13H24N2O4Si. The lowest BCUT2D eigenvalue weighted by Crippen LogP contribution is -2.22. The molecule has 0 aliphatic heterocycles. The number of hydrogen-bond donors (Lipinski definition) is 1.